The van der Waals surface area contributed by atoms with Gasteiger partial charge in [0, 0.05) is 6.42 Å². The van der Waals surface area contributed by atoms with Gasteiger partial charge in [-0.1, -0.05) is 12.1 Å². The summed E-state index contributed by atoms with van der Waals surface area (Å²) in [7, 11) is 0. The van der Waals surface area contributed by atoms with Crippen LogP contribution in [0, 0.1) is 6.92 Å². The van der Waals surface area contributed by atoms with Crippen molar-refractivity contribution < 1.29 is 9.84 Å². The van der Waals surface area contributed by atoms with Crippen LogP contribution in [0.25, 0.3) is 0 Å². The number of aliphatic hydroxyl groups is 1. The van der Waals surface area contributed by atoms with Gasteiger partial charge < -0.3 is 15.6 Å². The SMILES string of the molecule is Cc1cccc(OCCC(O)CCCN)c1. The molecule has 0 saturated heterocycles. The lowest BCUT2D eigenvalue weighted by Gasteiger charge is -2.11. The fourth-order valence-electron chi connectivity index (χ4n) is 1.52. The van der Waals surface area contributed by atoms with Gasteiger partial charge in [-0.25, -0.2) is 0 Å². The van der Waals surface area contributed by atoms with Crippen molar-refractivity contribution >= 4 is 0 Å². The highest BCUT2D eigenvalue weighted by Gasteiger charge is 2.03. The zero-order chi connectivity index (χ0) is 11.8. The third kappa shape index (κ3) is 5.14. The minimum absolute atomic E-state index is 0.298. The molecule has 1 rings (SSSR count). The molecule has 0 aliphatic rings. The molecule has 0 radical (unpaired) electrons. The first-order chi connectivity index (χ1) is 7.72. The minimum atomic E-state index is -0.298. The first kappa shape index (κ1) is 13.0. The molecule has 3 N–H and O–H groups in total. The molecule has 0 heterocycles. The van der Waals surface area contributed by atoms with Crippen LogP contribution >= 0.6 is 0 Å². The van der Waals surface area contributed by atoms with Crippen molar-refractivity contribution in [3.63, 3.8) is 0 Å². The second-order valence-electron chi connectivity index (χ2n) is 4.04. The molecule has 1 unspecified atom stereocenters. The first-order valence-electron chi connectivity index (χ1n) is 5.80. The van der Waals surface area contributed by atoms with E-state index in [1.807, 2.05) is 31.2 Å². The van der Waals surface area contributed by atoms with Crippen molar-refractivity contribution in [2.45, 2.75) is 32.3 Å². The maximum atomic E-state index is 9.58. The van der Waals surface area contributed by atoms with E-state index in [2.05, 4.69) is 0 Å². The van der Waals surface area contributed by atoms with Crippen LogP contribution in [0.5, 0.6) is 5.75 Å². The van der Waals surface area contributed by atoms with Crippen molar-refractivity contribution in [3.8, 4) is 5.75 Å². The molecule has 1 aromatic rings. The number of nitrogens with two attached hydrogens (primary N) is 1. The summed E-state index contributed by atoms with van der Waals surface area (Å²) in [6.07, 6.45) is 1.99. The Balaban J connectivity index is 2.20. The molecule has 0 saturated carbocycles. The molecule has 0 bridgehead atoms. The summed E-state index contributed by atoms with van der Waals surface area (Å²) in [6.45, 7) is 3.22. The molecular weight excluding hydrogens is 202 g/mol. The van der Waals surface area contributed by atoms with Gasteiger partial charge >= 0.3 is 0 Å². The molecular formula is C13H21NO2. The minimum Gasteiger partial charge on any atom is -0.493 e. The Morgan fingerprint density at radius 1 is 1.38 bits per heavy atom. The van der Waals surface area contributed by atoms with Crippen molar-refractivity contribution in [2.75, 3.05) is 13.2 Å². The van der Waals surface area contributed by atoms with E-state index in [1.165, 1.54) is 5.56 Å². The Bertz CT molecular complexity index is 302. The maximum Gasteiger partial charge on any atom is 0.119 e. The number of rotatable bonds is 7. The smallest absolute Gasteiger partial charge is 0.119 e. The van der Waals surface area contributed by atoms with Gasteiger partial charge in [-0.3, -0.25) is 0 Å². The molecule has 0 aliphatic carbocycles. The fraction of sp³-hybridized carbons (Fsp3) is 0.538. The van der Waals surface area contributed by atoms with Crippen LogP contribution < -0.4 is 10.5 Å². The Morgan fingerprint density at radius 2 is 2.19 bits per heavy atom. The van der Waals surface area contributed by atoms with Gasteiger partial charge in [0.25, 0.3) is 0 Å². The predicted octanol–water partition coefficient (Wildman–Crippen LogP) is 1.86. The summed E-state index contributed by atoms with van der Waals surface area (Å²) in [5.41, 5.74) is 6.55. The lowest BCUT2D eigenvalue weighted by Crippen LogP contribution is -2.13. The second-order valence-corrected chi connectivity index (χ2v) is 4.04. The third-order valence-corrected chi connectivity index (χ3v) is 2.45. The summed E-state index contributed by atoms with van der Waals surface area (Å²) in [5, 5.41) is 9.58. The second kappa shape index (κ2) is 7.25. The topological polar surface area (TPSA) is 55.5 Å². The van der Waals surface area contributed by atoms with Crippen LogP contribution in [0.1, 0.15) is 24.8 Å². The molecule has 1 atom stereocenters. The van der Waals surface area contributed by atoms with Crippen LogP contribution in [0.15, 0.2) is 24.3 Å². The number of hydrogen-bond acceptors (Lipinski definition) is 3. The van der Waals surface area contributed by atoms with Crippen LogP contribution in [-0.4, -0.2) is 24.4 Å². The predicted molar refractivity (Wildman–Crippen MR) is 65.6 cm³/mol. The van der Waals surface area contributed by atoms with Gasteiger partial charge in [0.1, 0.15) is 5.75 Å². The number of aliphatic hydroxyl groups excluding tert-OH is 1. The van der Waals surface area contributed by atoms with E-state index in [-0.39, 0.29) is 6.10 Å². The van der Waals surface area contributed by atoms with Crippen molar-refractivity contribution in [3.05, 3.63) is 29.8 Å². The molecule has 0 amide bonds. The quantitative estimate of drug-likeness (QED) is 0.742. The van der Waals surface area contributed by atoms with Gasteiger partial charge in [0.15, 0.2) is 0 Å². The highest BCUT2D eigenvalue weighted by Crippen LogP contribution is 2.13. The summed E-state index contributed by atoms with van der Waals surface area (Å²) >= 11 is 0. The van der Waals surface area contributed by atoms with E-state index >= 15 is 0 Å². The van der Waals surface area contributed by atoms with E-state index in [9.17, 15) is 5.11 Å². The van der Waals surface area contributed by atoms with Crippen LogP contribution in [0.3, 0.4) is 0 Å². The van der Waals surface area contributed by atoms with E-state index in [0.29, 0.717) is 19.6 Å². The molecule has 1 aromatic carbocycles. The van der Waals surface area contributed by atoms with E-state index in [0.717, 1.165) is 18.6 Å². The number of benzene rings is 1. The van der Waals surface area contributed by atoms with Crippen molar-refractivity contribution in [1.82, 2.24) is 0 Å². The molecule has 0 fully saturated rings. The highest BCUT2D eigenvalue weighted by molar-refractivity contribution is 5.27. The van der Waals surface area contributed by atoms with Crippen LogP contribution in [0.4, 0.5) is 0 Å². The monoisotopic (exact) mass is 223 g/mol. The molecule has 0 aromatic heterocycles. The number of aryl methyl sites for hydroxylation is 1. The Morgan fingerprint density at radius 3 is 2.88 bits per heavy atom. The van der Waals surface area contributed by atoms with Gasteiger partial charge in [-0.2, -0.15) is 0 Å². The van der Waals surface area contributed by atoms with Gasteiger partial charge in [-0.05, 0) is 44.0 Å². The lowest BCUT2D eigenvalue weighted by atomic mass is 10.1. The molecule has 16 heavy (non-hydrogen) atoms. The zero-order valence-electron chi connectivity index (χ0n) is 9.86. The maximum absolute atomic E-state index is 9.58. The summed E-state index contributed by atoms with van der Waals surface area (Å²) in [6, 6.07) is 7.92. The summed E-state index contributed by atoms with van der Waals surface area (Å²) in [4.78, 5) is 0. The van der Waals surface area contributed by atoms with Crippen LogP contribution in [-0.2, 0) is 0 Å². The van der Waals surface area contributed by atoms with Gasteiger partial charge in [0.05, 0.1) is 12.7 Å². The van der Waals surface area contributed by atoms with Gasteiger partial charge in [0.2, 0.25) is 0 Å². The molecule has 3 nitrogen and oxygen atoms in total. The number of ether oxygens (including phenoxy) is 1. The van der Waals surface area contributed by atoms with Gasteiger partial charge in [-0.15, -0.1) is 0 Å². The Hall–Kier alpha value is -1.06. The van der Waals surface area contributed by atoms with Crippen LogP contribution in [0.2, 0.25) is 0 Å². The average Bonchev–Trinajstić information content (AvgIpc) is 2.26. The highest BCUT2D eigenvalue weighted by atomic mass is 16.5. The number of hydrogen-bond donors (Lipinski definition) is 2. The lowest BCUT2D eigenvalue weighted by molar-refractivity contribution is 0.129. The van der Waals surface area contributed by atoms with Crippen molar-refractivity contribution in [1.29, 1.82) is 0 Å². The molecule has 0 spiro atoms. The standard InChI is InChI=1S/C13H21NO2/c1-11-4-2-6-13(10-11)16-9-7-12(15)5-3-8-14/h2,4,6,10,12,15H,3,5,7-9,14H2,1H3. The Kier molecular flexibility index (Phi) is 5.90. The zero-order valence-corrected chi connectivity index (χ0v) is 9.86. The van der Waals surface area contributed by atoms with E-state index in [1.54, 1.807) is 0 Å². The fourth-order valence-corrected chi connectivity index (χ4v) is 1.52. The largest absolute Gasteiger partial charge is 0.493 e. The van der Waals surface area contributed by atoms with Crippen molar-refractivity contribution in [2.24, 2.45) is 5.73 Å². The first-order valence-corrected chi connectivity index (χ1v) is 5.80. The normalized spacial score (nSPS) is 12.4. The Labute approximate surface area is 97.2 Å². The summed E-state index contributed by atoms with van der Waals surface area (Å²) < 4.78 is 5.55. The average molecular weight is 223 g/mol. The molecule has 90 valence electrons. The third-order valence-electron chi connectivity index (χ3n) is 2.45. The van der Waals surface area contributed by atoms with E-state index < -0.39 is 0 Å². The molecule has 0 aliphatic heterocycles. The molecule has 3 heteroatoms. The van der Waals surface area contributed by atoms with E-state index in [4.69, 9.17) is 10.5 Å². The summed E-state index contributed by atoms with van der Waals surface area (Å²) in [5.74, 6) is 0.867.